The van der Waals surface area contributed by atoms with Crippen molar-refractivity contribution in [2.24, 2.45) is 0 Å². The Bertz CT molecular complexity index is 1300. The van der Waals surface area contributed by atoms with E-state index in [-0.39, 0.29) is 24.2 Å². The van der Waals surface area contributed by atoms with Gasteiger partial charge in [-0.2, -0.15) is 0 Å². The zero-order valence-corrected chi connectivity index (χ0v) is 20.0. The van der Waals surface area contributed by atoms with Crippen molar-refractivity contribution in [1.29, 1.82) is 0 Å². The summed E-state index contributed by atoms with van der Waals surface area (Å²) < 4.78 is 0. The number of halogens is 1. The zero-order chi connectivity index (χ0) is 24.1. The number of nitrogens with one attached hydrogen (secondary N) is 3. The topological polar surface area (TPSA) is 74.0 Å². The first kappa shape index (κ1) is 23.6. The molecule has 0 saturated carbocycles. The Morgan fingerprint density at radius 1 is 0.941 bits per heavy atom. The molecule has 174 valence electrons. The average Bonchev–Trinajstić information content (AvgIpc) is 3.24. The number of benzene rings is 3. The summed E-state index contributed by atoms with van der Waals surface area (Å²) in [6.07, 6.45) is 2.13. The number of carbonyl (C=O) groups excluding carboxylic acids is 2. The van der Waals surface area contributed by atoms with Crippen molar-refractivity contribution in [3.8, 4) is 0 Å². The van der Waals surface area contributed by atoms with E-state index < -0.39 is 6.04 Å². The van der Waals surface area contributed by atoms with Crippen molar-refractivity contribution in [2.75, 3.05) is 6.54 Å². The third-order valence-electron chi connectivity index (χ3n) is 6.03. The van der Waals surface area contributed by atoms with Crippen LogP contribution >= 0.6 is 11.6 Å². The van der Waals surface area contributed by atoms with E-state index in [0.29, 0.717) is 11.6 Å². The molecule has 34 heavy (non-hydrogen) atoms. The van der Waals surface area contributed by atoms with Crippen LogP contribution in [0.25, 0.3) is 10.9 Å². The Labute approximate surface area is 204 Å². The SMILES string of the molecule is CC(=O)N[C@@H](CC(=O)NC[C@H](c1ccccc1Cl)c1c[nH]c2ccccc12)c1ccc(C)cc1. The molecule has 4 rings (SSSR count). The lowest BCUT2D eigenvalue weighted by Crippen LogP contribution is -2.34. The lowest BCUT2D eigenvalue weighted by Gasteiger charge is -2.22. The van der Waals surface area contributed by atoms with E-state index in [4.69, 9.17) is 11.6 Å². The third-order valence-corrected chi connectivity index (χ3v) is 6.37. The number of rotatable bonds is 8. The number of H-pyrrole nitrogens is 1. The monoisotopic (exact) mass is 473 g/mol. The second-order valence-electron chi connectivity index (χ2n) is 8.54. The smallest absolute Gasteiger partial charge is 0.222 e. The lowest BCUT2D eigenvalue weighted by atomic mass is 9.90. The fourth-order valence-electron chi connectivity index (χ4n) is 4.30. The molecule has 2 atom stereocenters. The molecular weight excluding hydrogens is 446 g/mol. The zero-order valence-electron chi connectivity index (χ0n) is 19.3. The van der Waals surface area contributed by atoms with Gasteiger partial charge in [-0.1, -0.05) is 77.8 Å². The van der Waals surface area contributed by atoms with Gasteiger partial charge in [0.1, 0.15) is 0 Å². The number of para-hydroxylation sites is 1. The highest BCUT2D eigenvalue weighted by molar-refractivity contribution is 6.31. The Morgan fingerprint density at radius 2 is 1.65 bits per heavy atom. The van der Waals surface area contributed by atoms with Gasteiger partial charge in [-0.3, -0.25) is 9.59 Å². The van der Waals surface area contributed by atoms with Crippen LogP contribution in [0.5, 0.6) is 0 Å². The largest absolute Gasteiger partial charge is 0.361 e. The molecule has 0 fully saturated rings. The molecular formula is C28H28ClN3O2. The first-order chi connectivity index (χ1) is 16.4. The maximum atomic E-state index is 13.0. The van der Waals surface area contributed by atoms with Crippen molar-refractivity contribution in [3.63, 3.8) is 0 Å². The highest BCUT2D eigenvalue weighted by Gasteiger charge is 2.23. The lowest BCUT2D eigenvalue weighted by molar-refractivity contribution is -0.122. The van der Waals surface area contributed by atoms with E-state index in [0.717, 1.165) is 33.2 Å². The van der Waals surface area contributed by atoms with Gasteiger partial charge in [-0.15, -0.1) is 0 Å². The molecule has 6 heteroatoms. The Kier molecular flexibility index (Phi) is 7.33. The van der Waals surface area contributed by atoms with Crippen molar-refractivity contribution < 1.29 is 9.59 Å². The van der Waals surface area contributed by atoms with Crippen molar-refractivity contribution >= 4 is 34.3 Å². The van der Waals surface area contributed by atoms with Crippen LogP contribution in [0.2, 0.25) is 5.02 Å². The van der Waals surface area contributed by atoms with Crippen LogP contribution in [0.1, 0.15) is 47.6 Å². The average molecular weight is 474 g/mol. The van der Waals surface area contributed by atoms with Crippen molar-refractivity contribution in [3.05, 3.63) is 106 Å². The molecule has 4 aromatic rings. The summed E-state index contributed by atoms with van der Waals surface area (Å²) in [6, 6.07) is 23.2. The summed E-state index contributed by atoms with van der Waals surface area (Å²) in [7, 11) is 0. The maximum Gasteiger partial charge on any atom is 0.222 e. The normalized spacial score (nSPS) is 12.8. The van der Waals surface area contributed by atoms with Crippen molar-refractivity contribution in [1.82, 2.24) is 15.6 Å². The van der Waals surface area contributed by atoms with E-state index in [9.17, 15) is 9.59 Å². The fourth-order valence-corrected chi connectivity index (χ4v) is 4.56. The van der Waals surface area contributed by atoms with Crippen LogP contribution in [0.15, 0.2) is 79.0 Å². The van der Waals surface area contributed by atoms with E-state index in [2.05, 4.69) is 21.7 Å². The van der Waals surface area contributed by atoms with Gasteiger partial charge >= 0.3 is 0 Å². The van der Waals surface area contributed by atoms with Gasteiger partial charge in [0, 0.05) is 41.5 Å². The molecule has 0 aliphatic carbocycles. The van der Waals surface area contributed by atoms with E-state index in [1.54, 1.807) is 0 Å². The summed E-state index contributed by atoms with van der Waals surface area (Å²) in [5.74, 6) is -0.449. The fraction of sp³-hybridized carbons (Fsp3) is 0.214. The van der Waals surface area contributed by atoms with Gasteiger partial charge in [0.2, 0.25) is 11.8 Å². The Hall–Kier alpha value is -3.57. The summed E-state index contributed by atoms with van der Waals surface area (Å²) in [5, 5.41) is 7.73. The molecule has 0 saturated heterocycles. The molecule has 0 aliphatic heterocycles. The van der Waals surface area contributed by atoms with Crippen molar-refractivity contribution in [2.45, 2.75) is 32.2 Å². The molecule has 5 nitrogen and oxygen atoms in total. The van der Waals surface area contributed by atoms with E-state index in [1.165, 1.54) is 6.92 Å². The maximum absolute atomic E-state index is 13.0. The number of hydrogen-bond acceptors (Lipinski definition) is 2. The Morgan fingerprint density at radius 3 is 2.38 bits per heavy atom. The first-order valence-corrected chi connectivity index (χ1v) is 11.7. The molecule has 3 aromatic carbocycles. The number of aromatic nitrogens is 1. The summed E-state index contributed by atoms with van der Waals surface area (Å²) in [4.78, 5) is 28.1. The summed E-state index contributed by atoms with van der Waals surface area (Å²) in [5.41, 5.74) is 5.07. The predicted octanol–water partition coefficient (Wildman–Crippen LogP) is 5.65. The molecule has 0 aliphatic rings. The number of aromatic amines is 1. The first-order valence-electron chi connectivity index (χ1n) is 11.3. The minimum Gasteiger partial charge on any atom is -0.361 e. The molecule has 0 spiro atoms. The number of hydrogen-bond donors (Lipinski definition) is 3. The summed E-state index contributed by atoms with van der Waals surface area (Å²) in [6.45, 7) is 3.85. The molecule has 1 aromatic heterocycles. The van der Waals surface area contributed by atoms with Crippen LogP contribution in [-0.2, 0) is 9.59 Å². The second kappa shape index (κ2) is 10.6. The molecule has 2 amide bonds. The van der Waals surface area contributed by atoms with Gasteiger partial charge < -0.3 is 15.6 Å². The quantitative estimate of drug-likeness (QED) is 0.309. The van der Waals surface area contributed by atoms with Gasteiger partial charge in [0.25, 0.3) is 0 Å². The van der Waals surface area contributed by atoms with Gasteiger partial charge in [-0.25, -0.2) is 0 Å². The van der Waals surface area contributed by atoms with Crippen LogP contribution in [0.4, 0.5) is 0 Å². The van der Waals surface area contributed by atoms with Crippen LogP contribution < -0.4 is 10.6 Å². The minimum atomic E-state index is -0.398. The molecule has 0 unspecified atom stereocenters. The predicted molar refractivity (Wildman–Crippen MR) is 137 cm³/mol. The standard InChI is InChI=1S/C28H28ClN3O2/c1-18-11-13-20(14-12-18)27(32-19(2)33)15-28(34)31-17-23(21-7-3-5-9-25(21)29)24-16-30-26-10-6-4-8-22(24)26/h3-14,16,23,27,30H,15,17H2,1-2H3,(H,31,34)(H,32,33)/t23-,27+/m1/s1. The molecule has 0 bridgehead atoms. The number of fused-ring (bicyclic) bond motifs is 1. The van der Waals surface area contributed by atoms with Crippen LogP contribution in [0.3, 0.4) is 0 Å². The van der Waals surface area contributed by atoms with Crippen LogP contribution in [-0.4, -0.2) is 23.3 Å². The minimum absolute atomic E-state index is 0.132. The molecule has 1 heterocycles. The third kappa shape index (κ3) is 5.49. The molecule has 0 radical (unpaired) electrons. The Balaban J connectivity index is 1.56. The van der Waals surface area contributed by atoms with E-state index >= 15 is 0 Å². The summed E-state index contributed by atoms with van der Waals surface area (Å²) >= 11 is 6.57. The van der Waals surface area contributed by atoms with Gasteiger partial charge in [0.15, 0.2) is 0 Å². The highest BCUT2D eigenvalue weighted by Crippen LogP contribution is 2.34. The van der Waals surface area contributed by atoms with Crippen LogP contribution in [0, 0.1) is 6.92 Å². The van der Waals surface area contributed by atoms with Gasteiger partial charge in [-0.05, 0) is 35.7 Å². The highest BCUT2D eigenvalue weighted by atomic mass is 35.5. The number of carbonyl (C=O) groups is 2. The van der Waals surface area contributed by atoms with E-state index in [1.807, 2.05) is 79.9 Å². The van der Waals surface area contributed by atoms with Gasteiger partial charge in [0.05, 0.1) is 12.5 Å². The second-order valence-corrected chi connectivity index (χ2v) is 8.94. The number of amides is 2. The molecule has 3 N–H and O–H groups in total. The number of aryl methyl sites for hydroxylation is 1.